The third-order valence-electron chi connectivity index (χ3n) is 5.15. The van der Waals surface area contributed by atoms with E-state index in [2.05, 4.69) is 22.8 Å². The third kappa shape index (κ3) is 5.34. The lowest BCUT2D eigenvalue weighted by Crippen LogP contribution is -3.11. The van der Waals surface area contributed by atoms with Crippen LogP contribution in [0.4, 0.5) is 5.69 Å². The van der Waals surface area contributed by atoms with E-state index in [1.807, 2.05) is 37.3 Å². The van der Waals surface area contributed by atoms with Crippen molar-refractivity contribution in [2.45, 2.75) is 25.8 Å². The van der Waals surface area contributed by atoms with Gasteiger partial charge in [0, 0.05) is 29.1 Å². The van der Waals surface area contributed by atoms with Crippen LogP contribution in [0.5, 0.6) is 5.75 Å². The summed E-state index contributed by atoms with van der Waals surface area (Å²) in [5.41, 5.74) is 3.26. The first-order valence-electron chi connectivity index (χ1n) is 9.36. The van der Waals surface area contributed by atoms with Crippen LogP contribution < -0.4 is 20.3 Å². The number of methoxy groups -OCH3 is 1. The molecule has 1 heterocycles. The van der Waals surface area contributed by atoms with Crippen LogP contribution in [0.1, 0.15) is 30.0 Å². The Morgan fingerprint density at radius 2 is 1.89 bits per heavy atom. The van der Waals surface area contributed by atoms with E-state index in [4.69, 9.17) is 28.6 Å². The van der Waals surface area contributed by atoms with Crippen molar-refractivity contribution in [1.29, 1.82) is 0 Å². The van der Waals surface area contributed by atoms with Crippen molar-refractivity contribution in [3.05, 3.63) is 58.6 Å². The molecule has 0 saturated carbocycles. The van der Waals surface area contributed by atoms with Crippen LogP contribution in [0.3, 0.4) is 0 Å². The molecule has 0 spiro atoms. The van der Waals surface area contributed by atoms with Gasteiger partial charge >= 0.3 is 0 Å². The molecule has 0 aromatic heterocycles. The number of halogens is 1. The molecule has 6 heteroatoms. The standard InChI is InChI=1S/C21H26ClN3OS/c1-15-5-8-17(13-19(15)22)24-21(27)23-14-20(25-11-3-4-12-25)16-6-9-18(26-2)10-7-16/h5-10,13,20H,3-4,11-12,14H2,1-2H3,(H2,23,24,27)/p+1/t20-/m1/s1. The van der Waals surface area contributed by atoms with Crippen LogP contribution in [0.15, 0.2) is 42.5 Å². The number of rotatable bonds is 6. The first kappa shape index (κ1) is 19.9. The predicted molar refractivity (Wildman–Crippen MR) is 116 cm³/mol. The minimum atomic E-state index is 0.361. The Bertz CT molecular complexity index is 775. The van der Waals surface area contributed by atoms with Gasteiger partial charge < -0.3 is 20.3 Å². The van der Waals surface area contributed by atoms with Gasteiger partial charge in [-0.15, -0.1) is 0 Å². The highest BCUT2D eigenvalue weighted by Crippen LogP contribution is 2.20. The first-order chi connectivity index (χ1) is 13.1. The molecular formula is C21H27ClN3OS+. The maximum Gasteiger partial charge on any atom is 0.171 e. The highest BCUT2D eigenvalue weighted by atomic mass is 35.5. The topological polar surface area (TPSA) is 37.7 Å². The van der Waals surface area contributed by atoms with E-state index >= 15 is 0 Å². The summed E-state index contributed by atoms with van der Waals surface area (Å²) in [6.07, 6.45) is 2.57. The Kier molecular flexibility index (Phi) is 6.94. The summed E-state index contributed by atoms with van der Waals surface area (Å²) in [5, 5.41) is 7.98. The molecule has 1 atom stereocenters. The van der Waals surface area contributed by atoms with Crippen molar-refractivity contribution in [2.24, 2.45) is 0 Å². The van der Waals surface area contributed by atoms with Gasteiger partial charge in [-0.3, -0.25) is 0 Å². The quantitative estimate of drug-likeness (QED) is 0.645. The number of aryl methyl sites for hydroxylation is 1. The number of thiocarbonyl (C=S) groups is 1. The summed E-state index contributed by atoms with van der Waals surface area (Å²) in [7, 11) is 1.70. The molecule has 1 saturated heterocycles. The summed E-state index contributed by atoms with van der Waals surface area (Å²) in [5.74, 6) is 0.885. The van der Waals surface area contributed by atoms with Gasteiger partial charge in [-0.25, -0.2) is 0 Å². The lowest BCUT2D eigenvalue weighted by atomic mass is 10.1. The van der Waals surface area contributed by atoms with E-state index in [0.29, 0.717) is 11.2 Å². The molecular weight excluding hydrogens is 378 g/mol. The van der Waals surface area contributed by atoms with Crippen LogP contribution in [-0.4, -0.2) is 31.9 Å². The monoisotopic (exact) mass is 404 g/mol. The fraction of sp³-hybridized carbons (Fsp3) is 0.381. The van der Waals surface area contributed by atoms with Crippen molar-refractivity contribution in [3.8, 4) is 5.75 Å². The number of hydrogen-bond donors (Lipinski definition) is 3. The zero-order chi connectivity index (χ0) is 19.2. The van der Waals surface area contributed by atoms with Gasteiger partial charge in [0.1, 0.15) is 11.8 Å². The number of nitrogens with one attached hydrogen (secondary N) is 3. The summed E-state index contributed by atoms with van der Waals surface area (Å²) in [6.45, 7) is 5.17. The second-order valence-electron chi connectivity index (χ2n) is 6.99. The smallest absolute Gasteiger partial charge is 0.171 e. The number of hydrogen-bond acceptors (Lipinski definition) is 2. The molecule has 144 valence electrons. The molecule has 0 radical (unpaired) electrons. The molecule has 4 nitrogen and oxygen atoms in total. The van der Waals surface area contributed by atoms with Crippen molar-refractivity contribution >= 4 is 34.6 Å². The second kappa shape index (κ2) is 9.40. The van der Waals surface area contributed by atoms with Gasteiger partial charge in [-0.05, 0) is 61.1 Å². The van der Waals surface area contributed by atoms with Crippen molar-refractivity contribution in [1.82, 2.24) is 5.32 Å². The summed E-state index contributed by atoms with van der Waals surface area (Å²) in [6, 6.07) is 14.6. The van der Waals surface area contributed by atoms with E-state index in [9.17, 15) is 0 Å². The van der Waals surface area contributed by atoms with E-state index < -0.39 is 0 Å². The van der Waals surface area contributed by atoms with Crippen molar-refractivity contribution in [3.63, 3.8) is 0 Å². The maximum absolute atomic E-state index is 6.20. The Labute approximate surface area is 171 Å². The van der Waals surface area contributed by atoms with Crippen LogP contribution in [0.25, 0.3) is 0 Å². The normalized spacial score (nSPS) is 15.4. The molecule has 3 rings (SSSR count). The van der Waals surface area contributed by atoms with Crippen LogP contribution in [0.2, 0.25) is 5.02 Å². The van der Waals surface area contributed by atoms with Crippen LogP contribution >= 0.6 is 23.8 Å². The molecule has 2 aromatic rings. The Balaban J connectivity index is 1.64. The van der Waals surface area contributed by atoms with E-state index in [1.54, 1.807) is 12.0 Å². The fourth-order valence-electron chi connectivity index (χ4n) is 3.55. The van der Waals surface area contributed by atoms with Crippen LogP contribution in [-0.2, 0) is 0 Å². The average Bonchev–Trinajstić information content (AvgIpc) is 3.20. The van der Waals surface area contributed by atoms with Crippen molar-refractivity contribution in [2.75, 3.05) is 32.1 Å². The lowest BCUT2D eigenvalue weighted by molar-refractivity contribution is -0.918. The molecule has 1 fully saturated rings. The van der Waals surface area contributed by atoms with Gasteiger partial charge in [-0.2, -0.15) is 0 Å². The van der Waals surface area contributed by atoms with Gasteiger partial charge in [0.05, 0.1) is 26.7 Å². The SMILES string of the molecule is COc1ccc([C@@H](CNC(=S)Nc2ccc(C)c(Cl)c2)[NH+]2CCCC2)cc1. The molecule has 0 amide bonds. The number of quaternary nitrogens is 1. The van der Waals surface area contributed by atoms with Gasteiger partial charge in [-0.1, -0.05) is 17.7 Å². The first-order valence-corrected chi connectivity index (χ1v) is 10.1. The van der Waals surface area contributed by atoms with Crippen molar-refractivity contribution < 1.29 is 9.64 Å². The van der Waals surface area contributed by atoms with Crippen LogP contribution in [0, 0.1) is 6.92 Å². The Morgan fingerprint density at radius 1 is 1.19 bits per heavy atom. The molecule has 2 aromatic carbocycles. The largest absolute Gasteiger partial charge is 0.497 e. The Hall–Kier alpha value is -1.82. The number of anilines is 1. The number of ether oxygens (including phenoxy) is 1. The molecule has 1 aliphatic heterocycles. The highest BCUT2D eigenvalue weighted by molar-refractivity contribution is 7.80. The highest BCUT2D eigenvalue weighted by Gasteiger charge is 2.27. The number of likely N-dealkylation sites (tertiary alicyclic amines) is 1. The predicted octanol–water partition coefficient (Wildman–Crippen LogP) is 3.36. The molecule has 27 heavy (non-hydrogen) atoms. The van der Waals surface area contributed by atoms with E-state index in [0.717, 1.165) is 28.6 Å². The molecule has 0 unspecified atom stereocenters. The molecule has 0 aliphatic carbocycles. The zero-order valence-corrected chi connectivity index (χ0v) is 17.4. The van der Waals surface area contributed by atoms with E-state index in [-0.39, 0.29) is 0 Å². The summed E-state index contributed by atoms with van der Waals surface area (Å²) < 4.78 is 5.29. The van der Waals surface area contributed by atoms with Gasteiger partial charge in [0.15, 0.2) is 5.11 Å². The average molecular weight is 405 g/mol. The summed E-state index contributed by atoms with van der Waals surface area (Å²) in [4.78, 5) is 1.61. The van der Waals surface area contributed by atoms with Gasteiger partial charge in [0.25, 0.3) is 0 Å². The number of benzene rings is 2. The minimum absolute atomic E-state index is 0.361. The third-order valence-corrected chi connectivity index (χ3v) is 5.81. The minimum Gasteiger partial charge on any atom is -0.497 e. The zero-order valence-electron chi connectivity index (χ0n) is 15.8. The lowest BCUT2D eigenvalue weighted by Gasteiger charge is -2.26. The molecule has 1 aliphatic rings. The second-order valence-corrected chi connectivity index (χ2v) is 7.81. The maximum atomic E-state index is 6.20. The molecule has 3 N–H and O–H groups in total. The van der Waals surface area contributed by atoms with E-state index in [1.165, 1.54) is 31.5 Å². The molecule has 0 bridgehead atoms. The van der Waals surface area contributed by atoms with Gasteiger partial charge in [0.2, 0.25) is 0 Å². The Morgan fingerprint density at radius 3 is 2.52 bits per heavy atom. The summed E-state index contributed by atoms with van der Waals surface area (Å²) >= 11 is 11.7. The fourth-order valence-corrected chi connectivity index (χ4v) is 3.93.